The zero-order valence-corrected chi connectivity index (χ0v) is 14.8. The first-order valence-electron chi connectivity index (χ1n) is 8.26. The lowest BCUT2D eigenvalue weighted by Crippen LogP contribution is -2.23. The molecule has 0 fully saturated rings. The Labute approximate surface area is 160 Å². The molecular formula is C22H13ClNO3-. The maximum Gasteiger partial charge on any atom is 0.163 e. The number of para-hydroxylation sites is 1. The zero-order valence-electron chi connectivity index (χ0n) is 14.1. The molecule has 0 saturated carbocycles. The van der Waals surface area contributed by atoms with Gasteiger partial charge in [-0.05, 0) is 30.3 Å². The van der Waals surface area contributed by atoms with E-state index in [2.05, 4.69) is 4.98 Å². The standard InChI is InChI=1S/C22H14ClNO3/c23-15-10-12-16(13-11-15)27-21-19(22(25)26)17-8-4-5-9-18(17)24-20(21)14-6-2-1-3-7-14/h1-13H,(H,25,26)/p-1. The molecule has 27 heavy (non-hydrogen) atoms. The molecule has 0 unspecified atom stereocenters. The summed E-state index contributed by atoms with van der Waals surface area (Å²) in [4.78, 5) is 16.7. The normalized spacial score (nSPS) is 10.7. The third-order valence-corrected chi connectivity index (χ3v) is 4.38. The van der Waals surface area contributed by atoms with Crippen molar-refractivity contribution in [3.63, 3.8) is 0 Å². The molecule has 4 aromatic rings. The average molecular weight is 375 g/mol. The molecule has 0 radical (unpaired) electrons. The predicted octanol–water partition coefficient (Wildman–Crippen LogP) is 4.71. The van der Waals surface area contributed by atoms with Gasteiger partial charge < -0.3 is 14.6 Å². The van der Waals surface area contributed by atoms with Crippen molar-refractivity contribution in [1.29, 1.82) is 0 Å². The Balaban J connectivity index is 2.01. The number of rotatable bonds is 4. The van der Waals surface area contributed by atoms with Crippen molar-refractivity contribution in [2.75, 3.05) is 0 Å². The summed E-state index contributed by atoms with van der Waals surface area (Å²) >= 11 is 5.93. The maximum atomic E-state index is 12.0. The van der Waals surface area contributed by atoms with Gasteiger partial charge in [0.25, 0.3) is 0 Å². The Bertz CT molecular complexity index is 1130. The number of carboxylic acids is 1. The van der Waals surface area contributed by atoms with Crippen molar-refractivity contribution in [3.8, 4) is 22.8 Å². The van der Waals surface area contributed by atoms with Gasteiger partial charge in [-0.1, -0.05) is 60.1 Å². The summed E-state index contributed by atoms with van der Waals surface area (Å²) in [6.45, 7) is 0. The van der Waals surface area contributed by atoms with Crippen molar-refractivity contribution < 1.29 is 14.6 Å². The highest BCUT2D eigenvalue weighted by Gasteiger charge is 2.19. The van der Waals surface area contributed by atoms with Crippen LogP contribution in [0.15, 0.2) is 78.9 Å². The van der Waals surface area contributed by atoms with Crippen LogP contribution in [0.2, 0.25) is 5.02 Å². The summed E-state index contributed by atoms with van der Waals surface area (Å²) in [6.07, 6.45) is 0. The van der Waals surface area contributed by atoms with Gasteiger partial charge in [-0.15, -0.1) is 0 Å². The van der Waals surface area contributed by atoms with Gasteiger partial charge in [0.15, 0.2) is 5.75 Å². The quantitative estimate of drug-likeness (QED) is 0.519. The second-order valence-corrected chi connectivity index (χ2v) is 6.33. The molecule has 5 heteroatoms. The summed E-state index contributed by atoms with van der Waals surface area (Å²) in [5, 5.41) is 13.0. The first kappa shape index (κ1) is 17.1. The Morgan fingerprint density at radius 2 is 1.56 bits per heavy atom. The van der Waals surface area contributed by atoms with Crippen LogP contribution in [0.3, 0.4) is 0 Å². The smallest absolute Gasteiger partial charge is 0.163 e. The number of nitrogens with zero attached hydrogens (tertiary/aromatic N) is 1. The molecule has 0 aliphatic carbocycles. The number of aromatic carboxylic acids is 1. The van der Waals surface area contributed by atoms with Crippen molar-refractivity contribution in [3.05, 3.63) is 89.4 Å². The van der Waals surface area contributed by atoms with Crippen molar-refractivity contribution in [2.24, 2.45) is 0 Å². The van der Waals surface area contributed by atoms with Crippen LogP contribution >= 0.6 is 11.6 Å². The highest BCUT2D eigenvalue weighted by atomic mass is 35.5. The number of hydrogen-bond donors (Lipinski definition) is 0. The summed E-state index contributed by atoms with van der Waals surface area (Å²) in [5.41, 5.74) is 1.70. The SMILES string of the molecule is O=C([O-])c1c(Oc2ccc(Cl)cc2)c(-c2ccccc2)nc2ccccc12. The number of ether oxygens (including phenoxy) is 1. The Hall–Kier alpha value is -3.37. The van der Waals surface area contributed by atoms with E-state index in [1.165, 1.54) is 0 Å². The number of carbonyl (C=O) groups excluding carboxylic acids is 1. The number of fused-ring (bicyclic) bond motifs is 1. The molecule has 0 saturated heterocycles. The highest BCUT2D eigenvalue weighted by Crippen LogP contribution is 2.38. The molecule has 1 heterocycles. The van der Waals surface area contributed by atoms with Gasteiger partial charge >= 0.3 is 0 Å². The molecule has 0 bridgehead atoms. The van der Waals surface area contributed by atoms with Crippen LogP contribution in [0, 0.1) is 0 Å². The van der Waals surface area contributed by atoms with E-state index in [9.17, 15) is 9.90 Å². The number of aromatic nitrogens is 1. The number of pyridine rings is 1. The molecule has 0 N–H and O–H groups in total. The van der Waals surface area contributed by atoms with E-state index >= 15 is 0 Å². The zero-order chi connectivity index (χ0) is 18.8. The molecule has 1 aromatic heterocycles. The topological polar surface area (TPSA) is 62.2 Å². The molecule has 0 aliphatic heterocycles. The second-order valence-electron chi connectivity index (χ2n) is 5.89. The van der Waals surface area contributed by atoms with E-state index in [0.717, 1.165) is 5.56 Å². The third kappa shape index (κ3) is 3.35. The molecule has 0 amide bonds. The molecule has 0 atom stereocenters. The van der Waals surface area contributed by atoms with E-state index in [1.54, 1.807) is 42.5 Å². The summed E-state index contributed by atoms with van der Waals surface area (Å²) in [6, 6.07) is 23.0. The van der Waals surface area contributed by atoms with Gasteiger partial charge in [0, 0.05) is 16.0 Å². The minimum Gasteiger partial charge on any atom is -0.545 e. The maximum absolute atomic E-state index is 12.0. The van der Waals surface area contributed by atoms with Gasteiger partial charge in [-0.25, -0.2) is 4.98 Å². The first-order valence-corrected chi connectivity index (χ1v) is 8.64. The fraction of sp³-hybridized carbons (Fsp3) is 0. The molecular weight excluding hydrogens is 362 g/mol. The molecule has 3 aromatic carbocycles. The summed E-state index contributed by atoms with van der Waals surface area (Å²) in [5.74, 6) is -0.729. The lowest BCUT2D eigenvalue weighted by molar-refractivity contribution is -0.254. The number of carbonyl (C=O) groups is 1. The van der Waals surface area contributed by atoms with Crippen LogP contribution in [0.4, 0.5) is 0 Å². The third-order valence-electron chi connectivity index (χ3n) is 4.13. The lowest BCUT2D eigenvalue weighted by atomic mass is 10.0. The van der Waals surface area contributed by atoms with Crippen LogP contribution < -0.4 is 9.84 Å². The van der Waals surface area contributed by atoms with Gasteiger partial charge in [0.1, 0.15) is 11.4 Å². The Morgan fingerprint density at radius 3 is 2.26 bits per heavy atom. The van der Waals surface area contributed by atoms with E-state index in [-0.39, 0.29) is 11.3 Å². The van der Waals surface area contributed by atoms with Crippen LogP contribution in [-0.4, -0.2) is 11.0 Å². The molecule has 4 nitrogen and oxygen atoms in total. The monoisotopic (exact) mass is 374 g/mol. The van der Waals surface area contributed by atoms with Crippen LogP contribution in [0.25, 0.3) is 22.2 Å². The number of benzene rings is 3. The van der Waals surface area contributed by atoms with Crippen molar-refractivity contribution in [2.45, 2.75) is 0 Å². The summed E-state index contributed by atoms with van der Waals surface area (Å²) < 4.78 is 5.98. The van der Waals surface area contributed by atoms with Crippen LogP contribution in [0.5, 0.6) is 11.5 Å². The van der Waals surface area contributed by atoms with Crippen LogP contribution in [0.1, 0.15) is 10.4 Å². The van der Waals surface area contributed by atoms with Crippen molar-refractivity contribution in [1.82, 2.24) is 4.98 Å². The van der Waals surface area contributed by atoms with E-state index in [1.807, 2.05) is 36.4 Å². The molecule has 132 valence electrons. The molecule has 0 spiro atoms. The number of halogens is 1. The van der Waals surface area contributed by atoms with E-state index < -0.39 is 5.97 Å². The minimum atomic E-state index is -1.32. The van der Waals surface area contributed by atoms with E-state index in [4.69, 9.17) is 16.3 Å². The minimum absolute atomic E-state index is 0.0330. The largest absolute Gasteiger partial charge is 0.545 e. The van der Waals surface area contributed by atoms with Gasteiger partial charge in [-0.3, -0.25) is 0 Å². The van der Waals surface area contributed by atoms with Gasteiger partial charge in [-0.2, -0.15) is 0 Å². The highest BCUT2D eigenvalue weighted by molar-refractivity contribution is 6.30. The van der Waals surface area contributed by atoms with Crippen LogP contribution in [-0.2, 0) is 0 Å². The number of carboxylic acid groups (broad SMARTS) is 1. The lowest BCUT2D eigenvalue weighted by Gasteiger charge is -2.18. The summed E-state index contributed by atoms with van der Waals surface area (Å²) in [7, 11) is 0. The van der Waals surface area contributed by atoms with Gasteiger partial charge in [0.2, 0.25) is 0 Å². The Morgan fingerprint density at radius 1 is 0.889 bits per heavy atom. The average Bonchev–Trinajstić information content (AvgIpc) is 2.69. The van der Waals surface area contributed by atoms with E-state index in [0.29, 0.717) is 27.4 Å². The first-order chi connectivity index (χ1) is 13.1. The number of hydrogen-bond acceptors (Lipinski definition) is 4. The van der Waals surface area contributed by atoms with Crippen molar-refractivity contribution >= 4 is 28.5 Å². The fourth-order valence-corrected chi connectivity index (χ4v) is 3.03. The Kier molecular flexibility index (Phi) is 4.48. The fourth-order valence-electron chi connectivity index (χ4n) is 2.91. The molecule has 0 aliphatic rings. The second kappa shape index (κ2) is 7.09. The van der Waals surface area contributed by atoms with Gasteiger partial charge in [0.05, 0.1) is 17.0 Å². The molecule has 4 rings (SSSR count). The predicted molar refractivity (Wildman–Crippen MR) is 103 cm³/mol.